The van der Waals surface area contributed by atoms with Gasteiger partial charge in [-0.15, -0.1) is 0 Å². The van der Waals surface area contributed by atoms with Crippen molar-refractivity contribution in [2.75, 3.05) is 27.4 Å². The van der Waals surface area contributed by atoms with Crippen LogP contribution in [0.15, 0.2) is 107 Å². The molecule has 2 N–H and O–H groups in total. The fourth-order valence-electron chi connectivity index (χ4n) is 5.18. The number of aliphatic imine (C=N–C) groups is 1. The first-order chi connectivity index (χ1) is 21.5. The molecule has 0 spiro atoms. The Morgan fingerprint density at radius 3 is 2.45 bits per heavy atom. The van der Waals surface area contributed by atoms with E-state index in [4.69, 9.17) is 29.0 Å². The summed E-state index contributed by atoms with van der Waals surface area (Å²) in [5.41, 5.74) is 1.89. The molecule has 4 aromatic rings. The molecule has 0 aliphatic carbocycles. The predicted octanol–water partition coefficient (Wildman–Crippen LogP) is 6.04. The van der Waals surface area contributed by atoms with E-state index in [0.29, 0.717) is 41.7 Å². The molecule has 2 atom stereocenters. The molecule has 228 valence electrons. The molecule has 1 aliphatic rings. The van der Waals surface area contributed by atoms with Gasteiger partial charge in [0.1, 0.15) is 17.2 Å². The summed E-state index contributed by atoms with van der Waals surface area (Å²) in [5.74, 6) is 2.08. The molecule has 0 bridgehead atoms. The maximum atomic E-state index is 14.5. The Kier molecular flexibility index (Phi) is 10.2. The molecule has 0 saturated carbocycles. The van der Waals surface area contributed by atoms with Gasteiger partial charge in [-0.1, -0.05) is 58.4 Å². The van der Waals surface area contributed by atoms with Crippen LogP contribution in [-0.2, 0) is 22.5 Å². The fourth-order valence-corrected chi connectivity index (χ4v) is 5.44. The maximum absolute atomic E-state index is 14.5. The lowest BCUT2D eigenvalue weighted by Gasteiger charge is -2.31. The highest BCUT2D eigenvalue weighted by Gasteiger charge is 2.53. The average molecular weight is 660 g/mol. The summed E-state index contributed by atoms with van der Waals surface area (Å²) in [6, 6.07) is 30.4. The number of ether oxygens (including phenoxy) is 4. The van der Waals surface area contributed by atoms with Crippen molar-refractivity contribution in [1.29, 1.82) is 0 Å². The van der Waals surface area contributed by atoms with Gasteiger partial charge < -0.3 is 29.4 Å². The standard InChI is InChI=1S/C35H35BrN2O6/c1-41-30-9-5-8-26(21-30)32-35(22-24-11-15-28(36)16-12-24,34(40)37-23-27-7-3-4-10-31(27)42-2)38-33(44-32)25-13-17-29(18-14-25)43-20-6-19-39/h3-5,7-18,21,32,39H,6,19-20,22-23H2,1-2H3,(H,37,40)/t32-,35-/m1/s1. The number of benzene rings is 4. The van der Waals surface area contributed by atoms with Crippen LogP contribution in [0.25, 0.3) is 0 Å². The lowest BCUT2D eigenvalue weighted by Crippen LogP contribution is -2.49. The molecule has 1 heterocycles. The molecule has 5 rings (SSSR count). The largest absolute Gasteiger partial charge is 0.497 e. The normalized spacial score (nSPS) is 17.4. The topological polar surface area (TPSA) is 98.6 Å². The van der Waals surface area contributed by atoms with Crippen LogP contribution in [0.2, 0.25) is 0 Å². The quantitative estimate of drug-likeness (QED) is 0.170. The van der Waals surface area contributed by atoms with Gasteiger partial charge in [-0.3, -0.25) is 4.79 Å². The number of hydrogen-bond donors (Lipinski definition) is 2. The Morgan fingerprint density at radius 1 is 0.955 bits per heavy atom. The van der Waals surface area contributed by atoms with Gasteiger partial charge in [-0.25, -0.2) is 4.99 Å². The van der Waals surface area contributed by atoms with Gasteiger partial charge in [0.05, 0.1) is 20.8 Å². The van der Waals surface area contributed by atoms with Crippen molar-refractivity contribution >= 4 is 27.7 Å². The Morgan fingerprint density at radius 2 is 1.73 bits per heavy atom. The second kappa shape index (κ2) is 14.4. The number of halogens is 1. The molecule has 44 heavy (non-hydrogen) atoms. The third-order valence-electron chi connectivity index (χ3n) is 7.45. The van der Waals surface area contributed by atoms with E-state index in [1.54, 1.807) is 14.2 Å². The number of aliphatic hydroxyl groups is 1. The molecule has 1 aliphatic heterocycles. The van der Waals surface area contributed by atoms with E-state index in [-0.39, 0.29) is 25.5 Å². The van der Waals surface area contributed by atoms with Crippen molar-refractivity contribution in [2.24, 2.45) is 4.99 Å². The fraction of sp³-hybridized carbons (Fsp3) is 0.257. The highest BCUT2D eigenvalue weighted by atomic mass is 79.9. The summed E-state index contributed by atoms with van der Waals surface area (Å²) in [7, 11) is 3.22. The van der Waals surface area contributed by atoms with E-state index in [0.717, 1.165) is 21.2 Å². The van der Waals surface area contributed by atoms with Crippen LogP contribution in [0.3, 0.4) is 0 Å². The van der Waals surface area contributed by atoms with E-state index < -0.39 is 11.6 Å². The van der Waals surface area contributed by atoms with Gasteiger partial charge in [-0.05, 0) is 65.7 Å². The first kappa shape index (κ1) is 31.1. The van der Waals surface area contributed by atoms with E-state index in [2.05, 4.69) is 21.2 Å². The van der Waals surface area contributed by atoms with E-state index in [1.165, 1.54) is 0 Å². The molecule has 1 amide bonds. The van der Waals surface area contributed by atoms with Crippen LogP contribution < -0.4 is 19.5 Å². The van der Waals surface area contributed by atoms with Crippen molar-refractivity contribution in [3.63, 3.8) is 0 Å². The first-order valence-corrected chi connectivity index (χ1v) is 15.1. The highest BCUT2D eigenvalue weighted by Crippen LogP contribution is 2.43. The summed E-state index contributed by atoms with van der Waals surface area (Å²) in [5, 5.41) is 12.2. The highest BCUT2D eigenvalue weighted by molar-refractivity contribution is 9.10. The molecule has 0 radical (unpaired) electrons. The molecule has 0 saturated heterocycles. The third kappa shape index (κ3) is 7.06. The van der Waals surface area contributed by atoms with Gasteiger partial charge >= 0.3 is 0 Å². The number of hydrogen-bond acceptors (Lipinski definition) is 7. The van der Waals surface area contributed by atoms with Gasteiger partial charge in [0.2, 0.25) is 5.90 Å². The molecule has 0 unspecified atom stereocenters. The minimum Gasteiger partial charge on any atom is -0.497 e. The lowest BCUT2D eigenvalue weighted by molar-refractivity contribution is -0.129. The van der Waals surface area contributed by atoms with E-state index in [1.807, 2.05) is 97.1 Å². The van der Waals surface area contributed by atoms with Crippen molar-refractivity contribution in [3.8, 4) is 17.2 Å². The second-order valence-corrected chi connectivity index (χ2v) is 11.3. The molecule has 9 heteroatoms. The number of amides is 1. The van der Waals surface area contributed by atoms with Gasteiger partial charge in [0, 0.05) is 41.6 Å². The van der Waals surface area contributed by atoms with Crippen LogP contribution in [0.4, 0.5) is 0 Å². The van der Waals surface area contributed by atoms with Crippen molar-refractivity contribution in [2.45, 2.75) is 31.0 Å². The molecular formula is C35H35BrN2O6. The number of carbonyl (C=O) groups is 1. The van der Waals surface area contributed by atoms with Crippen LogP contribution in [0.1, 0.15) is 34.8 Å². The molecular weight excluding hydrogens is 624 g/mol. The van der Waals surface area contributed by atoms with E-state index in [9.17, 15) is 4.79 Å². The van der Waals surface area contributed by atoms with Gasteiger partial charge in [0.15, 0.2) is 11.6 Å². The molecule has 8 nitrogen and oxygen atoms in total. The predicted molar refractivity (Wildman–Crippen MR) is 172 cm³/mol. The Labute approximate surface area is 265 Å². The number of methoxy groups -OCH3 is 2. The summed E-state index contributed by atoms with van der Waals surface area (Å²) < 4.78 is 24.3. The molecule has 0 aromatic heterocycles. The minimum absolute atomic E-state index is 0.0634. The van der Waals surface area contributed by atoms with Crippen LogP contribution in [-0.4, -0.2) is 49.9 Å². The number of para-hydroxylation sites is 1. The number of carbonyl (C=O) groups excluding carboxylic acids is 1. The smallest absolute Gasteiger partial charge is 0.252 e. The lowest BCUT2D eigenvalue weighted by atomic mass is 9.82. The molecule has 0 fully saturated rings. The number of nitrogens with one attached hydrogen (secondary N) is 1. The Bertz CT molecular complexity index is 1590. The Hall–Kier alpha value is -4.34. The summed E-state index contributed by atoms with van der Waals surface area (Å²) >= 11 is 3.52. The number of rotatable bonds is 13. The van der Waals surface area contributed by atoms with Gasteiger partial charge in [-0.2, -0.15) is 0 Å². The summed E-state index contributed by atoms with van der Waals surface area (Å²) in [6.45, 7) is 0.725. The van der Waals surface area contributed by atoms with Crippen LogP contribution in [0.5, 0.6) is 17.2 Å². The van der Waals surface area contributed by atoms with Gasteiger partial charge in [0.25, 0.3) is 5.91 Å². The first-order valence-electron chi connectivity index (χ1n) is 14.3. The SMILES string of the molecule is COc1cccc([C@H]2OC(c3ccc(OCCCO)cc3)=N[C@@]2(Cc2ccc(Br)cc2)C(=O)NCc2ccccc2OC)c1. The zero-order chi connectivity index (χ0) is 30.9. The number of aliphatic hydroxyl groups excluding tert-OH is 1. The monoisotopic (exact) mass is 658 g/mol. The maximum Gasteiger partial charge on any atom is 0.252 e. The van der Waals surface area contributed by atoms with Crippen molar-refractivity contribution < 1.29 is 28.8 Å². The second-order valence-electron chi connectivity index (χ2n) is 10.4. The average Bonchev–Trinajstić information content (AvgIpc) is 3.45. The molecule has 4 aromatic carbocycles. The van der Waals surface area contributed by atoms with Crippen LogP contribution >= 0.6 is 15.9 Å². The summed E-state index contributed by atoms with van der Waals surface area (Å²) in [6.07, 6.45) is 0.0723. The summed E-state index contributed by atoms with van der Waals surface area (Å²) in [4.78, 5) is 19.6. The van der Waals surface area contributed by atoms with E-state index >= 15 is 0 Å². The zero-order valence-corrected chi connectivity index (χ0v) is 26.3. The number of nitrogens with zero attached hydrogens (tertiary/aromatic N) is 1. The zero-order valence-electron chi connectivity index (χ0n) is 24.7. The van der Waals surface area contributed by atoms with Crippen LogP contribution in [0, 0.1) is 0 Å². The minimum atomic E-state index is -1.35. The Balaban J connectivity index is 1.57. The van der Waals surface area contributed by atoms with Crippen molar-refractivity contribution in [3.05, 3.63) is 124 Å². The third-order valence-corrected chi connectivity index (χ3v) is 7.97. The van der Waals surface area contributed by atoms with Crippen molar-refractivity contribution in [1.82, 2.24) is 5.32 Å².